The van der Waals surface area contributed by atoms with Gasteiger partial charge in [-0.25, -0.2) is 4.79 Å². The number of nitrogens with one attached hydrogen (secondary N) is 1. The fraction of sp³-hybridized carbons (Fsp3) is 0.231. The number of benzene rings is 1. The first kappa shape index (κ1) is 12.9. The molecule has 0 unspecified atom stereocenters. The molecule has 19 heavy (non-hydrogen) atoms. The number of H-pyrrole nitrogens is 1. The second kappa shape index (κ2) is 5.43. The van der Waals surface area contributed by atoms with Crippen LogP contribution in [0.5, 0.6) is 0 Å². The van der Waals surface area contributed by atoms with E-state index in [1.54, 1.807) is 24.3 Å². The summed E-state index contributed by atoms with van der Waals surface area (Å²) in [7, 11) is 0. The second-order valence-corrected chi connectivity index (χ2v) is 4.27. The zero-order chi connectivity index (χ0) is 13.8. The smallest absolute Gasteiger partial charge is 0.295 e. The van der Waals surface area contributed by atoms with Gasteiger partial charge in [0.1, 0.15) is 0 Å². The Kier molecular flexibility index (Phi) is 3.70. The van der Waals surface area contributed by atoms with Gasteiger partial charge in [-0.05, 0) is 6.92 Å². The predicted molar refractivity (Wildman–Crippen MR) is 66.7 cm³/mol. The molecule has 0 saturated heterocycles. The van der Waals surface area contributed by atoms with Crippen molar-refractivity contribution < 1.29 is 14.3 Å². The normalized spacial score (nSPS) is 10.4. The summed E-state index contributed by atoms with van der Waals surface area (Å²) in [6.07, 6.45) is 1.26. The lowest BCUT2D eigenvalue weighted by molar-refractivity contribution is -0.743. The van der Waals surface area contributed by atoms with Crippen molar-refractivity contribution in [2.24, 2.45) is 0 Å². The molecule has 98 valence electrons. The molecule has 0 aliphatic rings. The van der Waals surface area contributed by atoms with Crippen LogP contribution in [0.4, 0.5) is 0 Å². The van der Waals surface area contributed by atoms with E-state index in [0.29, 0.717) is 5.56 Å². The van der Waals surface area contributed by atoms with Crippen LogP contribution in [-0.2, 0) is 17.9 Å². The summed E-state index contributed by atoms with van der Waals surface area (Å²) in [5.74, 6) is -0.243. The van der Waals surface area contributed by atoms with Gasteiger partial charge in [-0.15, -0.1) is 4.68 Å². The maximum Gasteiger partial charge on any atom is 0.393 e. The average molecular weight is 260 g/mol. The zero-order valence-electron chi connectivity index (χ0n) is 10.5. The Morgan fingerprint density at radius 3 is 2.58 bits per heavy atom. The molecule has 0 bridgehead atoms. The number of aromatic amines is 1. The van der Waals surface area contributed by atoms with Crippen LogP contribution in [0, 0.1) is 0 Å². The monoisotopic (exact) mass is 260 g/mol. The van der Waals surface area contributed by atoms with Crippen molar-refractivity contribution in [3.05, 3.63) is 52.4 Å². The molecule has 0 spiro atoms. The minimum absolute atomic E-state index is 0.0756. The molecule has 0 atom stereocenters. The van der Waals surface area contributed by atoms with Gasteiger partial charge in [0.05, 0.1) is 0 Å². The van der Waals surface area contributed by atoms with E-state index in [2.05, 4.69) is 5.21 Å². The van der Waals surface area contributed by atoms with Crippen molar-refractivity contribution in [2.45, 2.75) is 20.0 Å². The summed E-state index contributed by atoms with van der Waals surface area (Å²) in [4.78, 5) is 34.5. The SMILES string of the molecule is CC(=O)C[n+]1cc(=O)n(CC(=O)c2ccccc2)[nH]1. The minimum atomic E-state index is -0.342. The highest BCUT2D eigenvalue weighted by atomic mass is 16.2. The number of nitrogens with zero attached hydrogens (tertiary/aromatic N) is 2. The number of hydrogen-bond acceptors (Lipinski definition) is 3. The van der Waals surface area contributed by atoms with Gasteiger partial charge in [0.2, 0.25) is 12.0 Å². The maximum absolute atomic E-state index is 11.9. The summed E-state index contributed by atoms with van der Waals surface area (Å²) < 4.78 is 2.54. The summed E-state index contributed by atoms with van der Waals surface area (Å²) >= 11 is 0. The molecule has 0 fully saturated rings. The van der Waals surface area contributed by atoms with Gasteiger partial charge in [0.15, 0.2) is 18.9 Å². The number of rotatable bonds is 5. The summed E-state index contributed by atoms with van der Waals surface area (Å²) in [5, 5.41) is 2.69. The van der Waals surface area contributed by atoms with Crippen LogP contribution in [-0.4, -0.2) is 21.5 Å². The molecule has 1 N–H and O–H groups in total. The second-order valence-electron chi connectivity index (χ2n) is 4.27. The number of carbonyl (C=O) groups excluding carboxylic acids is 2. The molecule has 0 amide bonds. The Morgan fingerprint density at radius 2 is 1.95 bits per heavy atom. The zero-order valence-corrected chi connectivity index (χ0v) is 10.5. The fourth-order valence-electron chi connectivity index (χ4n) is 1.73. The van der Waals surface area contributed by atoms with E-state index in [9.17, 15) is 14.4 Å². The Hall–Kier alpha value is -2.50. The van der Waals surface area contributed by atoms with Gasteiger partial charge in [0.25, 0.3) is 0 Å². The highest BCUT2D eigenvalue weighted by molar-refractivity contribution is 5.95. The summed E-state index contributed by atoms with van der Waals surface area (Å²) in [6.45, 7) is 1.44. The van der Waals surface area contributed by atoms with Gasteiger partial charge >= 0.3 is 5.56 Å². The molecule has 1 heterocycles. The van der Waals surface area contributed by atoms with Gasteiger partial charge < -0.3 is 0 Å². The first-order valence-corrected chi connectivity index (χ1v) is 5.83. The van der Waals surface area contributed by atoms with Gasteiger partial charge in [0, 0.05) is 5.56 Å². The number of ketones is 2. The van der Waals surface area contributed by atoms with Crippen LogP contribution in [0.25, 0.3) is 0 Å². The molecule has 0 aliphatic heterocycles. The average Bonchev–Trinajstić information content (AvgIpc) is 2.69. The first-order valence-electron chi connectivity index (χ1n) is 5.83. The molecule has 1 aromatic carbocycles. The van der Waals surface area contributed by atoms with E-state index in [-0.39, 0.29) is 30.2 Å². The molecule has 2 rings (SSSR count). The van der Waals surface area contributed by atoms with Crippen LogP contribution in [0.15, 0.2) is 41.3 Å². The predicted octanol–water partition coefficient (Wildman–Crippen LogP) is -0.0642. The summed E-state index contributed by atoms with van der Waals surface area (Å²) in [5.41, 5.74) is 0.202. The fourth-order valence-corrected chi connectivity index (χ4v) is 1.73. The maximum atomic E-state index is 11.9. The number of aromatic nitrogens is 3. The van der Waals surface area contributed by atoms with Gasteiger partial charge in [-0.3, -0.25) is 9.59 Å². The standard InChI is InChI=1S/C13H13N3O3/c1-10(17)7-15-9-13(19)16(14-15)8-12(18)11-5-3-2-4-6-11/h2-6,9H,7-8H2,1H3/p+1. The lowest BCUT2D eigenvalue weighted by Crippen LogP contribution is -2.39. The van der Waals surface area contributed by atoms with Crippen molar-refractivity contribution in [3.63, 3.8) is 0 Å². The van der Waals surface area contributed by atoms with Crippen molar-refractivity contribution >= 4 is 11.6 Å². The highest BCUT2D eigenvalue weighted by Crippen LogP contribution is 2.00. The molecule has 1 aromatic heterocycles. The van der Waals surface area contributed by atoms with Gasteiger partial charge in [-0.1, -0.05) is 35.5 Å². The van der Waals surface area contributed by atoms with Crippen molar-refractivity contribution in [3.8, 4) is 0 Å². The molecule has 6 nitrogen and oxygen atoms in total. The van der Waals surface area contributed by atoms with E-state index < -0.39 is 0 Å². The van der Waals surface area contributed by atoms with Crippen LogP contribution < -0.4 is 10.2 Å². The minimum Gasteiger partial charge on any atom is -0.295 e. The first-order chi connectivity index (χ1) is 9.06. The van der Waals surface area contributed by atoms with E-state index in [1.165, 1.54) is 22.5 Å². The molecule has 0 saturated carbocycles. The van der Waals surface area contributed by atoms with Crippen LogP contribution in [0.2, 0.25) is 0 Å². The third kappa shape index (κ3) is 3.25. The Morgan fingerprint density at radius 1 is 1.26 bits per heavy atom. The van der Waals surface area contributed by atoms with E-state index >= 15 is 0 Å². The lowest BCUT2D eigenvalue weighted by Gasteiger charge is -1.96. The lowest BCUT2D eigenvalue weighted by atomic mass is 10.1. The van der Waals surface area contributed by atoms with Crippen molar-refractivity contribution in [1.82, 2.24) is 9.90 Å². The topological polar surface area (TPSA) is 75.8 Å². The Bertz CT molecular complexity index is 655. The third-order valence-corrected chi connectivity index (χ3v) is 2.57. The van der Waals surface area contributed by atoms with Crippen LogP contribution in [0.1, 0.15) is 17.3 Å². The number of Topliss-reactive ketones (excluding diaryl/α,β-unsaturated/α-hetero) is 2. The molecule has 0 aliphatic carbocycles. The molecular weight excluding hydrogens is 246 g/mol. The van der Waals surface area contributed by atoms with Crippen molar-refractivity contribution in [2.75, 3.05) is 0 Å². The van der Waals surface area contributed by atoms with E-state index in [0.717, 1.165) is 0 Å². The van der Waals surface area contributed by atoms with Crippen molar-refractivity contribution in [1.29, 1.82) is 0 Å². The largest absolute Gasteiger partial charge is 0.393 e. The molecular formula is C13H14N3O3+. The third-order valence-electron chi connectivity index (χ3n) is 2.57. The van der Waals surface area contributed by atoms with Crippen LogP contribution in [0.3, 0.4) is 0 Å². The van der Waals surface area contributed by atoms with E-state index in [4.69, 9.17) is 0 Å². The molecule has 2 aromatic rings. The number of carbonyl (C=O) groups is 2. The molecule has 6 heteroatoms. The summed E-state index contributed by atoms with van der Waals surface area (Å²) in [6, 6.07) is 8.74. The molecule has 0 radical (unpaired) electrons. The highest BCUT2D eigenvalue weighted by Gasteiger charge is 2.16. The Balaban J connectivity index is 2.16. The van der Waals surface area contributed by atoms with Gasteiger partial charge in [-0.2, -0.15) is 4.68 Å². The Labute approximate surface area is 109 Å². The quantitative estimate of drug-likeness (QED) is 0.604. The number of hydrogen-bond donors (Lipinski definition) is 1. The van der Waals surface area contributed by atoms with Crippen LogP contribution >= 0.6 is 0 Å². The van der Waals surface area contributed by atoms with E-state index in [1.807, 2.05) is 6.07 Å².